The molecule has 4 rings (SSSR count). The van der Waals surface area contributed by atoms with E-state index in [0.29, 0.717) is 0 Å². The van der Waals surface area contributed by atoms with Crippen LogP contribution in [0.2, 0.25) is 5.02 Å². The van der Waals surface area contributed by atoms with Gasteiger partial charge < -0.3 is 15.2 Å². The van der Waals surface area contributed by atoms with E-state index >= 15 is 0 Å². The summed E-state index contributed by atoms with van der Waals surface area (Å²) in [6, 6.07) is 5.10. The van der Waals surface area contributed by atoms with Crippen molar-refractivity contribution in [3.05, 3.63) is 77.8 Å². The number of halogens is 3. The summed E-state index contributed by atoms with van der Waals surface area (Å²) in [7, 11) is 0. The maximum absolute atomic E-state index is 14.7. The van der Waals surface area contributed by atoms with E-state index in [1.54, 1.807) is 0 Å². The quantitative estimate of drug-likeness (QED) is 0.416. The molecule has 2 aromatic heterocycles. The Hall–Kier alpha value is -4.31. The summed E-state index contributed by atoms with van der Waals surface area (Å²) < 4.78 is 29.5. The number of carbonyl (C=O) groups excluding carboxylic acids is 1. The van der Waals surface area contributed by atoms with Gasteiger partial charge in [0, 0.05) is 18.3 Å². The third-order valence-corrected chi connectivity index (χ3v) is 5.50. The highest BCUT2D eigenvalue weighted by atomic mass is 35.5. The average Bonchev–Trinajstić information content (AvgIpc) is 3.08. The van der Waals surface area contributed by atoms with Gasteiger partial charge in [0.15, 0.2) is 0 Å². The van der Waals surface area contributed by atoms with Crippen LogP contribution in [0.5, 0.6) is 0 Å². The topological polar surface area (TPSA) is 168 Å². The summed E-state index contributed by atoms with van der Waals surface area (Å²) in [6.07, 6.45) is 1.08. The predicted molar refractivity (Wildman–Crippen MR) is 116 cm³/mol. The van der Waals surface area contributed by atoms with Crippen molar-refractivity contribution in [2.45, 2.75) is 12.0 Å². The fraction of sp³-hybridized carbons (Fsp3) is 0.200. The van der Waals surface area contributed by atoms with Crippen LogP contribution < -0.4 is 27.0 Å². The number of aromatic amines is 3. The molecule has 1 saturated heterocycles. The molecular formula is C20H14ClF2N7O4. The molecule has 34 heavy (non-hydrogen) atoms. The van der Waals surface area contributed by atoms with Crippen molar-refractivity contribution in [1.82, 2.24) is 25.5 Å². The Kier molecular flexibility index (Phi) is 5.76. The molecule has 1 aromatic carbocycles. The second kappa shape index (κ2) is 8.56. The lowest BCUT2D eigenvalue weighted by atomic mass is 10.1. The minimum absolute atomic E-state index is 0.00283. The maximum atomic E-state index is 14.7. The van der Waals surface area contributed by atoms with Crippen LogP contribution in [0.15, 0.2) is 44.8 Å². The van der Waals surface area contributed by atoms with Crippen LogP contribution in [0.1, 0.15) is 15.9 Å². The number of nitriles is 1. The van der Waals surface area contributed by atoms with Gasteiger partial charge in [-0.05, 0) is 24.3 Å². The summed E-state index contributed by atoms with van der Waals surface area (Å²) in [5, 5.41) is 17.0. The van der Waals surface area contributed by atoms with E-state index in [1.807, 2.05) is 11.1 Å². The highest BCUT2D eigenvalue weighted by molar-refractivity contribution is 6.32. The number of anilines is 1. The average molecular weight is 490 g/mol. The highest BCUT2D eigenvalue weighted by Gasteiger charge is 2.49. The molecule has 1 atom stereocenters. The SMILES string of the molecule is N#Cc1ccc(C(=O)NC2CN(c3cc(-c4c[nH]c(=O)[nH]c4=O)n[nH]c3=O)CC2(F)F)cc1Cl. The van der Waals surface area contributed by atoms with Gasteiger partial charge in [0.1, 0.15) is 17.8 Å². The van der Waals surface area contributed by atoms with Gasteiger partial charge in [-0.1, -0.05) is 11.6 Å². The van der Waals surface area contributed by atoms with E-state index in [-0.39, 0.29) is 33.1 Å². The molecule has 4 N–H and O–H groups in total. The second-order valence-corrected chi connectivity index (χ2v) is 7.83. The number of carbonyl (C=O) groups is 1. The van der Waals surface area contributed by atoms with Crippen molar-refractivity contribution in [2.24, 2.45) is 0 Å². The lowest BCUT2D eigenvalue weighted by Crippen LogP contribution is -2.46. The Morgan fingerprint density at radius 1 is 1.26 bits per heavy atom. The normalized spacial score (nSPS) is 16.8. The Labute approximate surface area is 193 Å². The van der Waals surface area contributed by atoms with Crippen LogP contribution >= 0.6 is 11.6 Å². The summed E-state index contributed by atoms with van der Waals surface area (Å²) in [5.41, 5.74) is -2.56. The standard InChI is InChI=1S/C20H14ClF2N7O4/c21-12-3-9(1-2-10(12)5-24)16(31)26-15-7-30(8-20(15,22)23)14-4-13(28-29-18(14)33)11-6-25-19(34)27-17(11)32/h1-4,6,15H,7-8H2,(H,26,31)(H,29,33)(H2,25,27,32,34). The zero-order chi connectivity index (χ0) is 24.6. The van der Waals surface area contributed by atoms with Gasteiger partial charge in [0.2, 0.25) is 0 Å². The first-order chi connectivity index (χ1) is 16.1. The van der Waals surface area contributed by atoms with Crippen molar-refractivity contribution in [2.75, 3.05) is 18.0 Å². The molecule has 14 heteroatoms. The third kappa shape index (κ3) is 4.30. The zero-order valence-corrected chi connectivity index (χ0v) is 17.7. The molecule has 1 aliphatic heterocycles. The fourth-order valence-electron chi connectivity index (χ4n) is 3.48. The van der Waals surface area contributed by atoms with Crippen molar-refractivity contribution in [1.29, 1.82) is 5.26 Å². The van der Waals surface area contributed by atoms with E-state index in [9.17, 15) is 28.0 Å². The number of alkyl halides is 2. The first-order valence-corrected chi connectivity index (χ1v) is 10.0. The maximum Gasteiger partial charge on any atom is 0.325 e. The van der Waals surface area contributed by atoms with Crippen LogP contribution in [0, 0.1) is 11.3 Å². The van der Waals surface area contributed by atoms with Gasteiger partial charge in [0.25, 0.3) is 22.9 Å². The Balaban J connectivity index is 1.59. The summed E-state index contributed by atoms with van der Waals surface area (Å²) >= 11 is 5.90. The number of nitrogens with one attached hydrogen (secondary N) is 4. The molecular weight excluding hydrogens is 476 g/mol. The molecule has 0 spiro atoms. The first-order valence-electron chi connectivity index (χ1n) is 9.64. The molecule has 3 heterocycles. The Morgan fingerprint density at radius 2 is 2.03 bits per heavy atom. The predicted octanol–water partition coefficient (Wildman–Crippen LogP) is 0.592. The molecule has 11 nitrogen and oxygen atoms in total. The third-order valence-electron chi connectivity index (χ3n) is 5.19. The lowest BCUT2D eigenvalue weighted by molar-refractivity contribution is -0.00126. The number of benzene rings is 1. The Bertz CT molecular complexity index is 1510. The van der Waals surface area contributed by atoms with Crippen LogP contribution in [0.3, 0.4) is 0 Å². The van der Waals surface area contributed by atoms with Crippen molar-refractivity contribution in [3.8, 4) is 17.3 Å². The van der Waals surface area contributed by atoms with Gasteiger partial charge in [-0.3, -0.25) is 19.4 Å². The molecule has 0 radical (unpaired) electrons. The Morgan fingerprint density at radius 3 is 2.71 bits per heavy atom. The summed E-state index contributed by atoms with van der Waals surface area (Å²) in [4.78, 5) is 53.4. The zero-order valence-electron chi connectivity index (χ0n) is 17.0. The molecule has 0 saturated carbocycles. The van der Waals surface area contributed by atoms with Crippen molar-refractivity contribution in [3.63, 3.8) is 0 Å². The molecule has 0 bridgehead atoms. The van der Waals surface area contributed by atoms with Crippen molar-refractivity contribution < 1.29 is 13.6 Å². The number of hydrogen-bond acceptors (Lipinski definition) is 7. The lowest BCUT2D eigenvalue weighted by Gasteiger charge is -2.18. The van der Waals surface area contributed by atoms with Gasteiger partial charge in [-0.15, -0.1) is 0 Å². The van der Waals surface area contributed by atoms with Crippen molar-refractivity contribution >= 4 is 23.2 Å². The van der Waals surface area contributed by atoms with E-state index in [1.165, 1.54) is 18.2 Å². The van der Waals surface area contributed by atoms with Gasteiger partial charge in [-0.2, -0.15) is 10.4 Å². The smallest absolute Gasteiger partial charge is 0.325 e. The largest absolute Gasteiger partial charge is 0.359 e. The van der Waals surface area contributed by atoms with E-state index in [0.717, 1.165) is 17.2 Å². The molecule has 1 amide bonds. The van der Waals surface area contributed by atoms with Gasteiger partial charge >= 0.3 is 5.69 Å². The number of nitrogens with zero attached hydrogens (tertiary/aromatic N) is 3. The number of H-pyrrole nitrogens is 3. The van der Waals surface area contributed by atoms with Gasteiger partial charge in [0.05, 0.1) is 28.4 Å². The molecule has 1 unspecified atom stereocenters. The minimum Gasteiger partial charge on any atom is -0.359 e. The molecule has 174 valence electrons. The fourth-order valence-corrected chi connectivity index (χ4v) is 3.70. The molecule has 1 fully saturated rings. The summed E-state index contributed by atoms with van der Waals surface area (Å²) in [6.45, 7) is -1.31. The van der Waals surface area contributed by atoms with Crippen LogP contribution in [0.25, 0.3) is 11.3 Å². The van der Waals surface area contributed by atoms with E-state index < -0.39 is 47.8 Å². The van der Waals surface area contributed by atoms with Crippen LogP contribution in [0.4, 0.5) is 14.5 Å². The second-order valence-electron chi connectivity index (χ2n) is 7.43. The molecule has 3 aromatic rings. The van der Waals surface area contributed by atoms with Crippen LogP contribution in [-0.2, 0) is 0 Å². The van der Waals surface area contributed by atoms with Crippen LogP contribution in [-0.4, -0.2) is 51.1 Å². The molecule has 1 aliphatic rings. The minimum atomic E-state index is -3.41. The van der Waals surface area contributed by atoms with E-state index in [2.05, 4.69) is 20.5 Å². The van der Waals surface area contributed by atoms with Gasteiger partial charge in [-0.25, -0.2) is 18.7 Å². The van der Waals surface area contributed by atoms with E-state index in [4.69, 9.17) is 16.9 Å². The number of aromatic nitrogens is 4. The number of amides is 1. The summed E-state index contributed by atoms with van der Waals surface area (Å²) in [5.74, 6) is -4.24. The number of rotatable bonds is 4. The highest BCUT2D eigenvalue weighted by Crippen LogP contribution is 2.31. The molecule has 0 aliphatic carbocycles. The number of hydrogen-bond donors (Lipinski definition) is 4. The monoisotopic (exact) mass is 489 g/mol. The first kappa shape index (κ1) is 22.9.